The summed E-state index contributed by atoms with van der Waals surface area (Å²) in [5.74, 6) is 0.990. The van der Waals surface area contributed by atoms with E-state index in [-0.39, 0.29) is 12.0 Å². The first kappa shape index (κ1) is 16.6. The van der Waals surface area contributed by atoms with Gasteiger partial charge in [0.2, 0.25) is 0 Å². The number of amides is 1. The summed E-state index contributed by atoms with van der Waals surface area (Å²) in [4.78, 5) is 12.3. The number of hydrogen-bond acceptors (Lipinski definition) is 3. The monoisotopic (exact) mass is 411 g/mol. The van der Waals surface area contributed by atoms with Gasteiger partial charge in [0.1, 0.15) is 0 Å². The lowest BCUT2D eigenvalue weighted by atomic mass is 10.1. The molecule has 0 saturated carbocycles. The second kappa shape index (κ2) is 7.49. The molecule has 2 aromatic carbocycles. The van der Waals surface area contributed by atoms with Crippen LogP contribution in [0, 0.1) is 3.57 Å². The Morgan fingerprint density at radius 2 is 1.91 bits per heavy atom. The summed E-state index contributed by atoms with van der Waals surface area (Å²) in [7, 11) is 1.56. The maximum Gasteiger partial charge on any atom is 0.255 e. The van der Waals surface area contributed by atoms with Crippen molar-refractivity contribution in [3.8, 4) is 11.5 Å². The first-order valence-corrected chi connectivity index (χ1v) is 7.99. The number of ether oxygens (including phenoxy) is 2. The standard InChI is InChI=1S/C17H18INO3/c1-11(2)22-15-8-7-12(9-16(15)21-3)17(20)19-14-6-4-5-13(18)10-14/h4-11H,1-3H3,(H,19,20). The minimum absolute atomic E-state index is 0.0416. The van der Waals surface area contributed by atoms with Crippen molar-refractivity contribution in [3.05, 3.63) is 51.6 Å². The topological polar surface area (TPSA) is 47.6 Å². The predicted octanol–water partition coefficient (Wildman–Crippen LogP) is 4.34. The quantitative estimate of drug-likeness (QED) is 0.745. The zero-order valence-corrected chi connectivity index (χ0v) is 14.9. The fraction of sp³-hybridized carbons (Fsp3) is 0.235. The molecule has 0 fully saturated rings. The summed E-state index contributed by atoms with van der Waals surface area (Å²) in [5.41, 5.74) is 1.28. The fourth-order valence-corrected chi connectivity index (χ4v) is 2.47. The third-order valence-electron chi connectivity index (χ3n) is 2.87. The third kappa shape index (κ3) is 4.37. The molecule has 0 bridgehead atoms. The predicted molar refractivity (Wildman–Crippen MR) is 95.9 cm³/mol. The Hall–Kier alpha value is -1.76. The smallest absolute Gasteiger partial charge is 0.255 e. The van der Waals surface area contributed by atoms with Crippen molar-refractivity contribution in [1.82, 2.24) is 0 Å². The highest BCUT2D eigenvalue weighted by Crippen LogP contribution is 2.29. The molecule has 0 aliphatic carbocycles. The summed E-state index contributed by atoms with van der Waals surface area (Å²) in [6, 6.07) is 12.8. The molecule has 116 valence electrons. The average molecular weight is 411 g/mol. The van der Waals surface area contributed by atoms with Crippen LogP contribution in [0.3, 0.4) is 0 Å². The zero-order valence-electron chi connectivity index (χ0n) is 12.7. The molecule has 4 nitrogen and oxygen atoms in total. The highest BCUT2D eigenvalue weighted by molar-refractivity contribution is 14.1. The van der Waals surface area contributed by atoms with Gasteiger partial charge in [0.25, 0.3) is 5.91 Å². The van der Waals surface area contributed by atoms with Gasteiger partial charge in [0, 0.05) is 14.8 Å². The second-order valence-electron chi connectivity index (χ2n) is 5.00. The largest absolute Gasteiger partial charge is 0.493 e. The van der Waals surface area contributed by atoms with Gasteiger partial charge in [-0.15, -0.1) is 0 Å². The van der Waals surface area contributed by atoms with Crippen LogP contribution in [0.2, 0.25) is 0 Å². The van der Waals surface area contributed by atoms with Crippen LogP contribution in [0.1, 0.15) is 24.2 Å². The molecule has 0 unspecified atom stereocenters. The molecule has 0 spiro atoms. The molecule has 2 rings (SSSR count). The number of halogens is 1. The molecule has 2 aromatic rings. The molecule has 1 amide bonds. The summed E-state index contributed by atoms with van der Waals surface area (Å²) in [6.45, 7) is 3.88. The van der Waals surface area contributed by atoms with Crippen molar-refractivity contribution >= 4 is 34.2 Å². The van der Waals surface area contributed by atoms with Crippen LogP contribution in [0.4, 0.5) is 5.69 Å². The molecule has 22 heavy (non-hydrogen) atoms. The molecule has 0 aromatic heterocycles. The van der Waals surface area contributed by atoms with Crippen molar-refractivity contribution in [2.75, 3.05) is 12.4 Å². The van der Waals surface area contributed by atoms with Crippen molar-refractivity contribution < 1.29 is 14.3 Å². The van der Waals surface area contributed by atoms with Crippen LogP contribution in [0.25, 0.3) is 0 Å². The van der Waals surface area contributed by atoms with Gasteiger partial charge >= 0.3 is 0 Å². The van der Waals surface area contributed by atoms with Crippen molar-refractivity contribution in [2.24, 2.45) is 0 Å². The lowest BCUT2D eigenvalue weighted by Gasteiger charge is -2.14. The summed E-state index contributed by atoms with van der Waals surface area (Å²) >= 11 is 2.21. The van der Waals surface area contributed by atoms with Gasteiger partial charge in [-0.25, -0.2) is 0 Å². The number of carbonyl (C=O) groups is 1. The third-order valence-corrected chi connectivity index (χ3v) is 3.54. The zero-order chi connectivity index (χ0) is 16.1. The van der Waals surface area contributed by atoms with Crippen molar-refractivity contribution in [3.63, 3.8) is 0 Å². The van der Waals surface area contributed by atoms with Gasteiger partial charge < -0.3 is 14.8 Å². The van der Waals surface area contributed by atoms with Gasteiger partial charge in [0.15, 0.2) is 11.5 Å². The number of carbonyl (C=O) groups excluding carboxylic acids is 1. The molecule has 0 radical (unpaired) electrons. The first-order chi connectivity index (χ1) is 10.5. The van der Waals surface area contributed by atoms with E-state index >= 15 is 0 Å². The number of benzene rings is 2. The van der Waals surface area contributed by atoms with Crippen LogP contribution < -0.4 is 14.8 Å². The normalized spacial score (nSPS) is 10.4. The minimum atomic E-state index is -0.184. The van der Waals surface area contributed by atoms with Crippen LogP contribution in [-0.2, 0) is 0 Å². The second-order valence-corrected chi connectivity index (χ2v) is 6.24. The number of nitrogens with one attached hydrogen (secondary N) is 1. The number of rotatable bonds is 5. The lowest BCUT2D eigenvalue weighted by Crippen LogP contribution is -2.13. The number of methoxy groups -OCH3 is 1. The Morgan fingerprint density at radius 3 is 2.55 bits per heavy atom. The van der Waals surface area contributed by atoms with Crippen LogP contribution in [-0.4, -0.2) is 19.1 Å². The summed E-state index contributed by atoms with van der Waals surface area (Å²) < 4.78 is 12.0. The maximum atomic E-state index is 12.3. The van der Waals surface area contributed by atoms with Crippen molar-refractivity contribution in [2.45, 2.75) is 20.0 Å². The van der Waals surface area contributed by atoms with E-state index in [2.05, 4.69) is 27.9 Å². The highest BCUT2D eigenvalue weighted by Gasteiger charge is 2.12. The molecule has 5 heteroatoms. The Labute approximate surface area is 144 Å². The summed E-state index contributed by atoms with van der Waals surface area (Å²) in [6.07, 6.45) is 0.0416. The highest BCUT2D eigenvalue weighted by atomic mass is 127. The lowest BCUT2D eigenvalue weighted by molar-refractivity contribution is 0.102. The van der Waals surface area contributed by atoms with E-state index in [0.717, 1.165) is 9.26 Å². The Morgan fingerprint density at radius 1 is 1.14 bits per heavy atom. The van der Waals surface area contributed by atoms with E-state index in [1.54, 1.807) is 25.3 Å². The molecular weight excluding hydrogens is 393 g/mol. The van der Waals surface area contributed by atoms with E-state index in [1.165, 1.54) is 0 Å². The minimum Gasteiger partial charge on any atom is -0.493 e. The van der Waals surface area contributed by atoms with E-state index in [1.807, 2.05) is 38.1 Å². The van der Waals surface area contributed by atoms with Gasteiger partial charge in [0.05, 0.1) is 13.2 Å². The van der Waals surface area contributed by atoms with E-state index in [0.29, 0.717) is 17.1 Å². The molecule has 0 aliphatic heterocycles. The molecule has 0 heterocycles. The van der Waals surface area contributed by atoms with E-state index in [4.69, 9.17) is 9.47 Å². The Kier molecular flexibility index (Phi) is 5.65. The fourth-order valence-electron chi connectivity index (χ4n) is 1.93. The van der Waals surface area contributed by atoms with Crippen LogP contribution in [0.5, 0.6) is 11.5 Å². The number of hydrogen-bond donors (Lipinski definition) is 1. The Bertz CT molecular complexity index is 671. The van der Waals surface area contributed by atoms with Crippen LogP contribution >= 0.6 is 22.6 Å². The van der Waals surface area contributed by atoms with E-state index < -0.39 is 0 Å². The molecular formula is C17H18INO3. The van der Waals surface area contributed by atoms with Crippen molar-refractivity contribution in [1.29, 1.82) is 0 Å². The van der Waals surface area contributed by atoms with Gasteiger partial charge in [-0.1, -0.05) is 6.07 Å². The summed E-state index contributed by atoms with van der Waals surface area (Å²) in [5, 5.41) is 2.87. The maximum absolute atomic E-state index is 12.3. The van der Waals surface area contributed by atoms with Gasteiger partial charge in [-0.2, -0.15) is 0 Å². The van der Waals surface area contributed by atoms with E-state index in [9.17, 15) is 4.79 Å². The van der Waals surface area contributed by atoms with Gasteiger partial charge in [-0.05, 0) is 72.8 Å². The molecule has 0 saturated heterocycles. The van der Waals surface area contributed by atoms with Gasteiger partial charge in [-0.3, -0.25) is 4.79 Å². The average Bonchev–Trinajstić information content (AvgIpc) is 2.47. The number of anilines is 1. The Balaban J connectivity index is 2.19. The molecule has 0 atom stereocenters. The van der Waals surface area contributed by atoms with Crippen LogP contribution in [0.15, 0.2) is 42.5 Å². The molecule has 1 N–H and O–H groups in total. The molecule has 0 aliphatic rings. The SMILES string of the molecule is COc1cc(C(=O)Nc2cccc(I)c2)ccc1OC(C)C. The first-order valence-electron chi connectivity index (χ1n) is 6.91.